The minimum Gasteiger partial charge on any atom is -0.496 e. The highest BCUT2D eigenvalue weighted by atomic mass is 35.5. The average molecular weight is 433 g/mol. The van der Waals surface area contributed by atoms with Crippen LogP contribution in [0, 0.1) is 13.8 Å². The Bertz CT molecular complexity index is 1230. The third kappa shape index (κ3) is 3.80. The van der Waals surface area contributed by atoms with Crippen LogP contribution in [0.3, 0.4) is 0 Å². The van der Waals surface area contributed by atoms with Crippen LogP contribution in [0.5, 0.6) is 5.75 Å². The second-order valence-electron chi connectivity index (χ2n) is 7.32. The van der Waals surface area contributed by atoms with E-state index in [4.69, 9.17) is 16.3 Å². The molecular formula is C25H21ClN2O3. The molecule has 3 aromatic carbocycles. The first kappa shape index (κ1) is 20.7. The molecule has 0 aromatic heterocycles. The van der Waals surface area contributed by atoms with Gasteiger partial charge in [0.2, 0.25) is 0 Å². The lowest BCUT2D eigenvalue weighted by Gasteiger charge is -2.16. The third-order valence-electron chi connectivity index (χ3n) is 5.17. The molecule has 5 nitrogen and oxygen atoms in total. The standard InChI is InChI=1S/C25H21ClN2O3/c1-15-7-6-8-18(13-15)28-24(29)22(19-9-4-5-10-21(19)31-3)23(25(28)30)27-20-12-11-17(26)14-16(20)2/h4-14,27H,1-3H3. The number of imide groups is 1. The quantitative estimate of drug-likeness (QED) is 0.551. The van der Waals surface area contributed by atoms with Crippen LogP contribution in [0.4, 0.5) is 11.4 Å². The van der Waals surface area contributed by atoms with Crippen molar-refractivity contribution in [2.75, 3.05) is 17.3 Å². The number of anilines is 2. The maximum Gasteiger partial charge on any atom is 0.282 e. The van der Waals surface area contributed by atoms with Crippen molar-refractivity contribution in [3.63, 3.8) is 0 Å². The summed E-state index contributed by atoms with van der Waals surface area (Å²) in [5.41, 5.74) is 4.03. The molecule has 0 spiro atoms. The van der Waals surface area contributed by atoms with Gasteiger partial charge in [0.15, 0.2) is 0 Å². The minimum atomic E-state index is -0.425. The second kappa shape index (κ2) is 8.28. The summed E-state index contributed by atoms with van der Waals surface area (Å²) >= 11 is 6.08. The summed E-state index contributed by atoms with van der Waals surface area (Å²) in [7, 11) is 1.54. The zero-order valence-corrected chi connectivity index (χ0v) is 18.2. The predicted octanol–water partition coefficient (Wildman–Crippen LogP) is 5.36. The smallest absolute Gasteiger partial charge is 0.282 e. The number of benzene rings is 3. The van der Waals surface area contributed by atoms with Gasteiger partial charge in [0.05, 0.1) is 18.4 Å². The lowest BCUT2D eigenvalue weighted by molar-refractivity contribution is -0.120. The van der Waals surface area contributed by atoms with Crippen molar-refractivity contribution in [2.24, 2.45) is 0 Å². The molecule has 1 N–H and O–H groups in total. The van der Waals surface area contributed by atoms with Gasteiger partial charge in [-0.05, 0) is 61.4 Å². The van der Waals surface area contributed by atoms with Crippen LogP contribution < -0.4 is 15.0 Å². The Kier molecular flexibility index (Phi) is 5.53. The van der Waals surface area contributed by atoms with Crippen molar-refractivity contribution in [3.8, 4) is 5.75 Å². The van der Waals surface area contributed by atoms with E-state index in [0.717, 1.165) is 11.1 Å². The van der Waals surface area contributed by atoms with Crippen molar-refractivity contribution in [2.45, 2.75) is 13.8 Å². The minimum absolute atomic E-state index is 0.196. The Morgan fingerprint density at radius 1 is 0.903 bits per heavy atom. The van der Waals surface area contributed by atoms with Gasteiger partial charge in [-0.25, -0.2) is 4.90 Å². The highest BCUT2D eigenvalue weighted by molar-refractivity contribution is 6.46. The van der Waals surface area contributed by atoms with Crippen molar-refractivity contribution >= 4 is 40.4 Å². The van der Waals surface area contributed by atoms with Crippen molar-refractivity contribution in [1.82, 2.24) is 0 Å². The molecule has 0 bridgehead atoms. The molecule has 2 amide bonds. The van der Waals surface area contributed by atoms with Crippen molar-refractivity contribution < 1.29 is 14.3 Å². The van der Waals surface area contributed by atoms with E-state index in [2.05, 4.69) is 5.32 Å². The molecule has 0 atom stereocenters. The molecule has 6 heteroatoms. The van der Waals surface area contributed by atoms with Crippen LogP contribution in [-0.2, 0) is 9.59 Å². The van der Waals surface area contributed by atoms with Crippen LogP contribution >= 0.6 is 11.6 Å². The Hall–Kier alpha value is -3.57. The number of carbonyl (C=O) groups is 2. The van der Waals surface area contributed by atoms with Crippen LogP contribution in [0.15, 0.2) is 72.4 Å². The predicted molar refractivity (Wildman–Crippen MR) is 123 cm³/mol. The molecule has 0 saturated heterocycles. The number of rotatable bonds is 5. The summed E-state index contributed by atoms with van der Waals surface area (Å²) in [5.74, 6) is -0.322. The summed E-state index contributed by atoms with van der Waals surface area (Å²) in [6.45, 7) is 3.80. The van der Waals surface area contributed by atoms with E-state index in [0.29, 0.717) is 27.7 Å². The van der Waals surface area contributed by atoms with Gasteiger partial charge in [-0.1, -0.05) is 41.9 Å². The second-order valence-corrected chi connectivity index (χ2v) is 7.76. The number of amides is 2. The van der Waals surface area contributed by atoms with E-state index in [1.807, 2.05) is 44.2 Å². The number of methoxy groups -OCH3 is 1. The maximum absolute atomic E-state index is 13.6. The Balaban J connectivity index is 1.88. The highest BCUT2D eigenvalue weighted by Gasteiger charge is 2.41. The lowest BCUT2D eigenvalue weighted by atomic mass is 10.0. The molecule has 156 valence electrons. The van der Waals surface area contributed by atoms with Crippen molar-refractivity contribution in [3.05, 3.63) is 94.1 Å². The maximum atomic E-state index is 13.6. The number of para-hydroxylation sites is 1. The zero-order chi connectivity index (χ0) is 22.1. The third-order valence-corrected chi connectivity index (χ3v) is 5.40. The fraction of sp³-hybridized carbons (Fsp3) is 0.120. The number of carbonyl (C=O) groups excluding carboxylic acids is 2. The van der Waals surface area contributed by atoms with Gasteiger partial charge in [0.1, 0.15) is 11.4 Å². The molecule has 0 saturated carbocycles. The molecule has 1 aliphatic rings. The first-order chi connectivity index (χ1) is 14.9. The van der Waals surface area contributed by atoms with Gasteiger partial charge >= 0.3 is 0 Å². The number of hydrogen-bond donors (Lipinski definition) is 1. The largest absolute Gasteiger partial charge is 0.496 e. The Labute approximate surface area is 185 Å². The Morgan fingerprint density at radius 3 is 2.39 bits per heavy atom. The topological polar surface area (TPSA) is 58.6 Å². The summed E-state index contributed by atoms with van der Waals surface area (Å²) in [5, 5.41) is 3.78. The monoisotopic (exact) mass is 432 g/mol. The molecular weight excluding hydrogens is 412 g/mol. The lowest BCUT2D eigenvalue weighted by Crippen LogP contribution is -2.32. The van der Waals surface area contributed by atoms with Crippen LogP contribution in [0.25, 0.3) is 5.57 Å². The normalized spacial score (nSPS) is 13.7. The molecule has 3 aromatic rings. The van der Waals surface area contributed by atoms with E-state index in [-0.39, 0.29) is 11.3 Å². The number of nitrogens with one attached hydrogen (secondary N) is 1. The summed E-state index contributed by atoms with van der Waals surface area (Å²) in [6, 6.07) is 19.8. The van der Waals surface area contributed by atoms with Gasteiger partial charge in [-0.2, -0.15) is 0 Å². The van der Waals surface area contributed by atoms with Crippen LogP contribution in [0.2, 0.25) is 5.02 Å². The molecule has 0 unspecified atom stereocenters. The summed E-state index contributed by atoms with van der Waals surface area (Å²) < 4.78 is 5.48. The van der Waals surface area contributed by atoms with Crippen molar-refractivity contribution in [1.29, 1.82) is 0 Å². The van der Waals surface area contributed by atoms with Gasteiger partial charge in [0, 0.05) is 16.3 Å². The number of nitrogens with zero attached hydrogens (tertiary/aromatic N) is 1. The van der Waals surface area contributed by atoms with Gasteiger partial charge in [0.25, 0.3) is 11.8 Å². The van der Waals surface area contributed by atoms with E-state index < -0.39 is 11.8 Å². The number of hydrogen-bond acceptors (Lipinski definition) is 4. The van der Waals surface area contributed by atoms with E-state index in [1.165, 1.54) is 12.0 Å². The van der Waals surface area contributed by atoms with Gasteiger partial charge < -0.3 is 10.1 Å². The highest BCUT2D eigenvalue weighted by Crippen LogP contribution is 2.38. The van der Waals surface area contributed by atoms with Gasteiger partial charge in [-0.15, -0.1) is 0 Å². The first-order valence-electron chi connectivity index (χ1n) is 9.77. The molecule has 0 aliphatic carbocycles. The molecule has 4 rings (SSSR count). The summed E-state index contributed by atoms with van der Waals surface area (Å²) in [6.07, 6.45) is 0. The van der Waals surface area contributed by atoms with Gasteiger partial charge in [-0.3, -0.25) is 9.59 Å². The molecule has 1 aliphatic heterocycles. The number of ether oxygens (including phenoxy) is 1. The molecule has 0 fully saturated rings. The molecule has 31 heavy (non-hydrogen) atoms. The molecule has 1 heterocycles. The zero-order valence-electron chi connectivity index (χ0n) is 17.4. The first-order valence-corrected chi connectivity index (χ1v) is 10.1. The van der Waals surface area contributed by atoms with Crippen LogP contribution in [-0.4, -0.2) is 18.9 Å². The number of aryl methyl sites for hydroxylation is 2. The number of halogens is 1. The van der Waals surface area contributed by atoms with E-state index in [1.54, 1.807) is 36.4 Å². The fourth-order valence-corrected chi connectivity index (χ4v) is 3.88. The fourth-order valence-electron chi connectivity index (χ4n) is 3.65. The van der Waals surface area contributed by atoms with E-state index in [9.17, 15) is 9.59 Å². The molecule has 0 radical (unpaired) electrons. The average Bonchev–Trinajstić information content (AvgIpc) is 2.99. The SMILES string of the molecule is COc1ccccc1C1=C(Nc2ccc(Cl)cc2C)C(=O)N(c2cccc(C)c2)C1=O. The van der Waals surface area contributed by atoms with Crippen LogP contribution in [0.1, 0.15) is 16.7 Å². The Morgan fingerprint density at radius 2 is 1.68 bits per heavy atom. The van der Waals surface area contributed by atoms with E-state index >= 15 is 0 Å². The summed E-state index contributed by atoms with van der Waals surface area (Å²) in [4.78, 5) is 28.3.